The quantitative estimate of drug-likeness (QED) is 0.848. The molecule has 2 aromatic rings. The van der Waals surface area contributed by atoms with Crippen LogP contribution in [0.1, 0.15) is 12.5 Å². The molecule has 0 aliphatic rings. The van der Waals surface area contributed by atoms with Crippen molar-refractivity contribution in [3.8, 4) is 11.5 Å². The van der Waals surface area contributed by atoms with Gasteiger partial charge in [0.05, 0.1) is 20.3 Å². The van der Waals surface area contributed by atoms with Crippen LogP contribution < -0.4 is 14.8 Å². The highest BCUT2D eigenvalue weighted by molar-refractivity contribution is 5.94. The van der Waals surface area contributed by atoms with Gasteiger partial charge in [-0.05, 0) is 32.2 Å². The molecule has 1 N–H and O–H groups in total. The number of amides is 1. The first-order valence-corrected chi connectivity index (χ1v) is 7.82. The van der Waals surface area contributed by atoms with Crippen LogP contribution in [0, 0.1) is 0 Å². The summed E-state index contributed by atoms with van der Waals surface area (Å²) < 4.78 is 10.8. The zero-order valence-corrected chi connectivity index (χ0v) is 14.6. The second-order valence-electron chi connectivity index (χ2n) is 5.60. The Kier molecular flexibility index (Phi) is 6.21. The van der Waals surface area contributed by atoms with E-state index in [1.165, 1.54) is 0 Å². The van der Waals surface area contributed by atoms with E-state index in [0.717, 1.165) is 11.3 Å². The molecule has 0 aliphatic carbocycles. The van der Waals surface area contributed by atoms with Gasteiger partial charge in [0.25, 0.3) is 0 Å². The van der Waals surface area contributed by atoms with Crippen LogP contribution in [0.15, 0.2) is 48.5 Å². The normalized spacial score (nSPS) is 11.9. The molecule has 2 rings (SSSR count). The van der Waals surface area contributed by atoms with Gasteiger partial charge in [0, 0.05) is 17.8 Å². The van der Waals surface area contributed by atoms with Gasteiger partial charge in [-0.3, -0.25) is 9.69 Å². The third kappa shape index (κ3) is 4.26. The third-order valence-corrected chi connectivity index (χ3v) is 3.99. The minimum atomic E-state index is -0.291. The molecule has 24 heavy (non-hydrogen) atoms. The molecule has 1 amide bonds. The fraction of sp³-hybridized carbons (Fsp3) is 0.316. The minimum absolute atomic E-state index is 0.0504. The summed E-state index contributed by atoms with van der Waals surface area (Å²) in [6.07, 6.45) is 0. The van der Waals surface area contributed by atoms with Crippen molar-refractivity contribution in [1.29, 1.82) is 0 Å². The number of nitrogens with one attached hydrogen (secondary N) is 1. The van der Waals surface area contributed by atoms with Crippen LogP contribution in [0.3, 0.4) is 0 Å². The standard InChI is InChI=1S/C19H24N2O3/c1-14(19(22)20-16-10-6-5-7-11-16)21(2)13-15-9-8-12-17(23-3)18(15)24-4/h5-12,14H,13H2,1-4H3,(H,20,22)/t14-/m1/s1. The van der Waals surface area contributed by atoms with Gasteiger partial charge in [0.1, 0.15) is 0 Å². The Balaban J connectivity index is 2.06. The number of carbonyl (C=O) groups is 1. The van der Waals surface area contributed by atoms with E-state index in [9.17, 15) is 4.79 Å². The SMILES string of the molecule is COc1cccc(CN(C)[C@H](C)C(=O)Nc2ccccc2)c1OC. The Morgan fingerprint density at radius 2 is 1.79 bits per heavy atom. The lowest BCUT2D eigenvalue weighted by Gasteiger charge is -2.25. The molecule has 0 heterocycles. The Bertz CT molecular complexity index is 674. The van der Waals surface area contributed by atoms with Crippen LogP contribution in [-0.2, 0) is 11.3 Å². The number of rotatable bonds is 7. The second kappa shape index (κ2) is 8.36. The average Bonchev–Trinajstić information content (AvgIpc) is 2.61. The average molecular weight is 328 g/mol. The lowest BCUT2D eigenvalue weighted by molar-refractivity contribution is -0.120. The minimum Gasteiger partial charge on any atom is -0.493 e. The molecule has 0 spiro atoms. The number of benzene rings is 2. The number of ether oxygens (including phenoxy) is 2. The molecular weight excluding hydrogens is 304 g/mol. The van der Waals surface area contributed by atoms with Gasteiger partial charge in [-0.15, -0.1) is 0 Å². The molecule has 0 saturated carbocycles. The number of para-hydroxylation sites is 2. The van der Waals surface area contributed by atoms with Crippen molar-refractivity contribution < 1.29 is 14.3 Å². The molecule has 0 unspecified atom stereocenters. The molecule has 128 valence electrons. The molecule has 1 atom stereocenters. The summed E-state index contributed by atoms with van der Waals surface area (Å²) in [4.78, 5) is 14.4. The third-order valence-electron chi connectivity index (χ3n) is 3.99. The fourth-order valence-corrected chi connectivity index (χ4v) is 2.45. The van der Waals surface area contributed by atoms with Crippen LogP contribution in [0.2, 0.25) is 0 Å². The number of hydrogen-bond donors (Lipinski definition) is 1. The number of carbonyl (C=O) groups excluding carboxylic acids is 1. The zero-order chi connectivity index (χ0) is 17.5. The van der Waals surface area contributed by atoms with E-state index in [-0.39, 0.29) is 11.9 Å². The highest BCUT2D eigenvalue weighted by Gasteiger charge is 2.20. The molecule has 5 heteroatoms. The monoisotopic (exact) mass is 328 g/mol. The van der Waals surface area contributed by atoms with Crippen molar-refractivity contribution in [2.45, 2.75) is 19.5 Å². The second-order valence-corrected chi connectivity index (χ2v) is 5.60. The maximum absolute atomic E-state index is 12.4. The maximum atomic E-state index is 12.4. The zero-order valence-electron chi connectivity index (χ0n) is 14.6. The lowest BCUT2D eigenvalue weighted by atomic mass is 10.1. The van der Waals surface area contributed by atoms with Crippen molar-refractivity contribution >= 4 is 11.6 Å². The summed E-state index contributed by atoms with van der Waals surface area (Å²) in [7, 11) is 5.14. The van der Waals surface area contributed by atoms with Crippen LogP contribution in [0.5, 0.6) is 11.5 Å². The molecular formula is C19H24N2O3. The smallest absolute Gasteiger partial charge is 0.241 e. The van der Waals surface area contributed by atoms with E-state index >= 15 is 0 Å². The fourth-order valence-electron chi connectivity index (χ4n) is 2.45. The summed E-state index contributed by atoms with van der Waals surface area (Å²) >= 11 is 0. The molecule has 2 aromatic carbocycles. The molecule has 0 saturated heterocycles. The van der Waals surface area contributed by atoms with Gasteiger partial charge in [-0.25, -0.2) is 0 Å². The first-order valence-electron chi connectivity index (χ1n) is 7.82. The molecule has 0 aromatic heterocycles. The van der Waals surface area contributed by atoms with E-state index in [0.29, 0.717) is 18.0 Å². The van der Waals surface area contributed by atoms with E-state index < -0.39 is 0 Å². The van der Waals surface area contributed by atoms with Crippen LogP contribution in [-0.4, -0.2) is 38.1 Å². The van der Waals surface area contributed by atoms with E-state index in [2.05, 4.69) is 5.32 Å². The first kappa shape index (κ1) is 17.8. The molecule has 0 radical (unpaired) electrons. The van der Waals surface area contributed by atoms with Gasteiger partial charge >= 0.3 is 0 Å². The topological polar surface area (TPSA) is 50.8 Å². The Morgan fingerprint density at radius 3 is 2.42 bits per heavy atom. The van der Waals surface area contributed by atoms with Crippen LogP contribution >= 0.6 is 0 Å². The molecule has 0 bridgehead atoms. The van der Waals surface area contributed by atoms with Crippen molar-refractivity contribution in [2.75, 3.05) is 26.6 Å². The highest BCUT2D eigenvalue weighted by atomic mass is 16.5. The van der Waals surface area contributed by atoms with Gasteiger partial charge in [-0.2, -0.15) is 0 Å². The summed E-state index contributed by atoms with van der Waals surface area (Å²) in [5.41, 5.74) is 1.76. The highest BCUT2D eigenvalue weighted by Crippen LogP contribution is 2.31. The molecule has 5 nitrogen and oxygen atoms in total. The van der Waals surface area contributed by atoms with E-state index in [4.69, 9.17) is 9.47 Å². The number of methoxy groups -OCH3 is 2. The Morgan fingerprint density at radius 1 is 1.08 bits per heavy atom. The van der Waals surface area contributed by atoms with Crippen molar-refractivity contribution in [2.24, 2.45) is 0 Å². The van der Waals surface area contributed by atoms with Crippen molar-refractivity contribution in [3.05, 3.63) is 54.1 Å². The van der Waals surface area contributed by atoms with Gasteiger partial charge in [0.2, 0.25) is 5.91 Å². The first-order chi connectivity index (χ1) is 11.6. The lowest BCUT2D eigenvalue weighted by Crippen LogP contribution is -2.39. The predicted octanol–water partition coefficient (Wildman–Crippen LogP) is 3.16. The molecule has 0 aliphatic heterocycles. The number of anilines is 1. The largest absolute Gasteiger partial charge is 0.493 e. The van der Waals surface area contributed by atoms with Crippen molar-refractivity contribution in [3.63, 3.8) is 0 Å². The summed E-state index contributed by atoms with van der Waals surface area (Å²) in [6.45, 7) is 2.45. The van der Waals surface area contributed by atoms with Crippen molar-refractivity contribution in [1.82, 2.24) is 4.90 Å². The van der Waals surface area contributed by atoms with Gasteiger partial charge in [0.15, 0.2) is 11.5 Å². The predicted molar refractivity (Wildman–Crippen MR) is 95.5 cm³/mol. The van der Waals surface area contributed by atoms with E-state index in [1.807, 2.05) is 67.4 Å². The molecule has 0 fully saturated rings. The van der Waals surface area contributed by atoms with Gasteiger partial charge in [-0.1, -0.05) is 30.3 Å². The van der Waals surface area contributed by atoms with Gasteiger partial charge < -0.3 is 14.8 Å². The Hall–Kier alpha value is -2.53. The summed E-state index contributed by atoms with van der Waals surface area (Å²) in [5, 5.41) is 2.92. The summed E-state index contributed by atoms with van der Waals surface area (Å²) in [6, 6.07) is 14.9. The number of nitrogens with zero attached hydrogens (tertiary/aromatic N) is 1. The van der Waals surface area contributed by atoms with E-state index in [1.54, 1.807) is 14.2 Å². The Labute approximate surface area is 143 Å². The van der Waals surface area contributed by atoms with Crippen LogP contribution in [0.25, 0.3) is 0 Å². The number of hydrogen-bond acceptors (Lipinski definition) is 4. The maximum Gasteiger partial charge on any atom is 0.241 e. The van der Waals surface area contributed by atoms with Crippen LogP contribution in [0.4, 0.5) is 5.69 Å². The summed E-state index contributed by atoms with van der Waals surface area (Å²) in [5.74, 6) is 1.33. The number of likely N-dealkylation sites (N-methyl/N-ethyl adjacent to an activating group) is 1.